The van der Waals surface area contributed by atoms with Crippen molar-refractivity contribution in [3.05, 3.63) is 11.6 Å². The van der Waals surface area contributed by atoms with Gasteiger partial charge in [-0.25, -0.2) is 0 Å². The van der Waals surface area contributed by atoms with Crippen molar-refractivity contribution in [2.45, 2.75) is 103 Å². The minimum atomic E-state index is 0.351. The van der Waals surface area contributed by atoms with Crippen molar-refractivity contribution < 1.29 is 9.59 Å². The molecule has 2 saturated carbocycles. The summed E-state index contributed by atoms with van der Waals surface area (Å²) in [7, 11) is 0. The molecule has 0 aromatic carbocycles. The topological polar surface area (TPSA) is 34.1 Å². The van der Waals surface area contributed by atoms with E-state index in [4.69, 9.17) is 0 Å². The smallest absolute Gasteiger partial charge is 0.158 e. The van der Waals surface area contributed by atoms with Crippen LogP contribution in [0.5, 0.6) is 0 Å². The summed E-state index contributed by atoms with van der Waals surface area (Å²) in [4.78, 5) is 25.0. The zero-order valence-corrected chi connectivity index (χ0v) is 15.9. The molecule has 0 bridgehead atoms. The maximum atomic E-state index is 12.8. The Balaban J connectivity index is 1.43. The van der Waals surface area contributed by atoms with Gasteiger partial charge < -0.3 is 0 Å². The van der Waals surface area contributed by atoms with E-state index in [0.29, 0.717) is 36.2 Å². The number of allylic oxidation sites excluding steroid dienone is 2. The lowest BCUT2D eigenvalue weighted by Gasteiger charge is -2.31. The molecule has 0 spiro atoms. The van der Waals surface area contributed by atoms with Gasteiger partial charge in [0.25, 0.3) is 0 Å². The fourth-order valence-corrected chi connectivity index (χ4v) is 5.48. The third-order valence-electron chi connectivity index (χ3n) is 6.87. The molecule has 3 aliphatic rings. The van der Waals surface area contributed by atoms with Crippen LogP contribution in [0.1, 0.15) is 103 Å². The highest BCUT2D eigenvalue weighted by atomic mass is 16.1. The van der Waals surface area contributed by atoms with E-state index in [1.54, 1.807) is 0 Å². The molecular weight excluding hydrogens is 308 g/mol. The molecule has 0 radical (unpaired) electrons. The van der Waals surface area contributed by atoms with Crippen LogP contribution in [0.3, 0.4) is 0 Å². The van der Waals surface area contributed by atoms with Crippen molar-refractivity contribution in [1.82, 2.24) is 0 Å². The lowest BCUT2D eigenvalue weighted by atomic mass is 9.73. The number of hydrogen-bond donors (Lipinski definition) is 0. The van der Waals surface area contributed by atoms with Gasteiger partial charge in [0.1, 0.15) is 5.78 Å². The first kappa shape index (κ1) is 18.9. The molecule has 0 aromatic heterocycles. The second kappa shape index (κ2) is 9.69. The molecular formula is C23H36O2. The summed E-state index contributed by atoms with van der Waals surface area (Å²) in [5, 5.41) is 0. The first-order valence-electron chi connectivity index (χ1n) is 11.0. The highest BCUT2D eigenvalue weighted by Crippen LogP contribution is 2.41. The largest absolute Gasteiger partial charge is 0.300 e. The molecule has 0 amide bonds. The van der Waals surface area contributed by atoms with Gasteiger partial charge in [-0.1, -0.05) is 51.0 Å². The molecule has 3 rings (SSSR count). The van der Waals surface area contributed by atoms with Crippen LogP contribution in [0.25, 0.3) is 0 Å². The van der Waals surface area contributed by atoms with Crippen LogP contribution >= 0.6 is 0 Å². The summed E-state index contributed by atoms with van der Waals surface area (Å²) in [5.41, 5.74) is 1.14. The summed E-state index contributed by atoms with van der Waals surface area (Å²) in [6.07, 6.45) is 20.2. The summed E-state index contributed by atoms with van der Waals surface area (Å²) in [5.74, 6) is 2.65. The van der Waals surface area contributed by atoms with E-state index < -0.39 is 0 Å². The molecule has 2 unspecified atom stereocenters. The van der Waals surface area contributed by atoms with Crippen molar-refractivity contribution in [3.8, 4) is 0 Å². The summed E-state index contributed by atoms with van der Waals surface area (Å²) >= 11 is 0. The molecule has 25 heavy (non-hydrogen) atoms. The fourth-order valence-electron chi connectivity index (χ4n) is 5.48. The molecule has 0 saturated heterocycles. The number of ketones is 2. The predicted molar refractivity (Wildman–Crippen MR) is 102 cm³/mol. The second-order valence-corrected chi connectivity index (χ2v) is 8.76. The van der Waals surface area contributed by atoms with Gasteiger partial charge in [-0.3, -0.25) is 9.59 Å². The molecule has 0 aromatic rings. The van der Waals surface area contributed by atoms with E-state index in [1.807, 2.05) is 0 Å². The summed E-state index contributed by atoms with van der Waals surface area (Å²) in [6, 6.07) is 0. The second-order valence-electron chi connectivity index (χ2n) is 8.76. The minimum Gasteiger partial charge on any atom is -0.300 e. The van der Waals surface area contributed by atoms with Gasteiger partial charge in [0.2, 0.25) is 0 Å². The van der Waals surface area contributed by atoms with E-state index >= 15 is 0 Å². The highest BCUT2D eigenvalue weighted by Gasteiger charge is 2.31. The van der Waals surface area contributed by atoms with Gasteiger partial charge >= 0.3 is 0 Å². The molecule has 0 N–H and O–H groups in total. The molecule has 0 heterocycles. The number of fused-ring (bicyclic) bond motifs is 1. The average Bonchev–Trinajstić information content (AvgIpc) is 2.85. The van der Waals surface area contributed by atoms with Crippen LogP contribution in [-0.2, 0) is 9.59 Å². The summed E-state index contributed by atoms with van der Waals surface area (Å²) < 4.78 is 0. The third kappa shape index (κ3) is 5.53. The van der Waals surface area contributed by atoms with Crippen molar-refractivity contribution >= 4 is 11.6 Å². The molecule has 2 heteroatoms. The number of carbonyl (C=O) groups is 2. The van der Waals surface area contributed by atoms with Gasteiger partial charge in [0, 0.05) is 19.3 Å². The lowest BCUT2D eigenvalue weighted by molar-refractivity contribution is -0.120. The molecule has 0 aliphatic heterocycles. The van der Waals surface area contributed by atoms with Gasteiger partial charge in [-0.05, 0) is 61.9 Å². The Morgan fingerprint density at radius 2 is 1.56 bits per heavy atom. The van der Waals surface area contributed by atoms with E-state index in [-0.39, 0.29) is 0 Å². The van der Waals surface area contributed by atoms with Crippen LogP contribution in [0.15, 0.2) is 11.6 Å². The van der Waals surface area contributed by atoms with Crippen molar-refractivity contribution in [2.24, 2.45) is 17.8 Å². The molecule has 3 aliphatic carbocycles. The van der Waals surface area contributed by atoms with E-state index in [0.717, 1.165) is 30.8 Å². The number of carbonyl (C=O) groups excluding carboxylic acids is 2. The maximum absolute atomic E-state index is 12.8. The Morgan fingerprint density at radius 3 is 2.40 bits per heavy atom. The van der Waals surface area contributed by atoms with E-state index in [2.05, 4.69) is 6.08 Å². The maximum Gasteiger partial charge on any atom is 0.158 e. The normalized spacial score (nSPS) is 27.9. The zero-order valence-electron chi connectivity index (χ0n) is 15.9. The van der Waals surface area contributed by atoms with Gasteiger partial charge in [0.05, 0.1) is 0 Å². The first-order chi connectivity index (χ1) is 12.2. The van der Waals surface area contributed by atoms with E-state index in [1.165, 1.54) is 70.6 Å². The number of hydrogen-bond acceptors (Lipinski definition) is 2. The van der Waals surface area contributed by atoms with Crippen LogP contribution in [0, 0.1) is 17.8 Å². The number of Topliss-reactive ketones (excluding diaryl/α,β-unsaturated/α-hetero) is 2. The average molecular weight is 345 g/mol. The number of rotatable bonds is 7. The minimum absolute atomic E-state index is 0.351. The molecule has 2 atom stereocenters. The Bertz CT molecular complexity index is 484. The third-order valence-corrected chi connectivity index (χ3v) is 6.87. The van der Waals surface area contributed by atoms with Crippen LogP contribution in [-0.4, -0.2) is 11.6 Å². The van der Waals surface area contributed by atoms with Gasteiger partial charge in [0.15, 0.2) is 5.78 Å². The quantitative estimate of drug-likeness (QED) is 0.552. The molecule has 2 fully saturated rings. The van der Waals surface area contributed by atoms with Crippen molar-refractivity contribution in [2.75, 3.05) is 0 Å². The lowest BCUT2D eigenvalue weighted by Crippen LogP contribution is -2.24. The Labute approximate surface area is 153 Å². The SMILES string of the molecule is O=C(CCCC(=O)C1=CCCCC2CCCCC12)CC1CCCCC1. The zero-order chi connectivity index (χ0) is 17.5. The fraction of sp³-hybridized carbons (Fsp3) is 0.826. The molecule has 2 nitrogen and oxygen atoms in total. The van der Waals surface area contributed by atoms with Gasteiger partial charge in [-0.2, -0.15) is 0 Å². The van der Waals surface area contributed by atoms with Crippen molar-refractivity contribution in [1.29, 1.82) is 0 Å². The van der Waals surface area contributed by atoms with Gasteiger partial charge in [-0.15, -0.1) is 0 Å². The Kier molecular flexibility index (Phi) is 7.31. The molecule has 140 valence electrons. The highest BCUT2D eigenvalue weighted by molar-refractivity contribution is 5.96. The Hall–Kier alpha value is -0.920. The van der Waals surface area contributed by atoms with E-state index in [9.17, 15) is 9.59 Å². The van der Waals surface area contributed by atoms with Crippen molar-refractivity contribution in [3.63, 3.8) is 0 Å². The van der Waals surface area contributed by atoms with Crippen LogP contribution in [0.4, 0.5) is 0 Å². The monoisotopic (exact) mass is 344 g/mol. The van der Waals surface area contributed by atoms with Crippen LogP contribution in [0.2, 0.25) is 0 Å². The standard InChI is InChI=1S/C23H36O2/c24-20(17-18-9-2-1-3-10-18)13-8-16-23(25)22-15-7-5-12-19-11-4-6-14-21(19)22/h15,18-19,21H,1-14,16-17H2. The Morgan fingerprint density at radius 1 is 0.840 bits per heavy atom. The summed E-state index contributed by atoms with van der Waals surface area (Å²) in [6.45, 7) is 0. The first-order valence-corrected chi connectivity index (χ1v) is 11.0. The van der Waals surface area contributed by atoms with Crippen LogP contribution < -0.4 is 0 Å². The predicted octanol–water partition coefficient (Wildman–Crippen LogP) is 6.18.